The number of fused-ring (bicyclic) bond motifs is 1. The van der Waals surface area contributed by atoms with Crippen molar-refractivity contribution in [3.05, 3.63) is 70.4 Å². The van der Waals surface area contributed by atoms with Gasteiger partial charge in [0, 0.05) is 55.2 Å². The minimum absolute atomic E-state index is 0.00559. The molecule has 0 radical (unpaired) electrons. The molecule has 1 unspecified atom stereocenters. The first-order chi connectivity index (χ1) is 34.0. The van der Waals surface area contributed by atoms with Crippen LogP contribution in [-0.4, -0.2) is 167 Å². The predicted molar refractivity (Wildman–Crippen MR) is 259 cm³/mol. The average molecular weight is 1020 g/mol. The number of nitrogens with one attached hydrogen (secondary N) is 5. The maximum Gasteiger partial charge on any atom is 0.264 e. The average Bonchev–Trinajstić information content (AvgIpc) is 3.61. The normalized spacial score (nSPS) is 19.8. The molecular weight excluding hydrogens is 964 g/mol. The van der Waals surface area contributed by atoms with Gasteiger partial charge in [-0.1, -0.05) is 30.3 Å². The van der Waals surface area contributed by atoms with Crippen molar-refractivity contribution in [2.75, 3.05) is 70.3 Å². The van der Waals surface area contributed by atoms with Gasteiger partial charge in [-0.3, -0.25) is 48.6 Å². The van der Waals surface area contributed by atoms with Crippen LogP contribution in [0.25, 0.3) is 10.4 Å². The number of halogens is 1. The van der Waals surface area contributed by atoms with Crippen molar-refractivity contribution in [3.63, 3.8) is 0 Å². The third kappa shape index (κ3) is 13.2. The number of carbonyl (C=O) groups excluding carboxylic acids is 8. The molecule has 71 heavy (non-hydrogen) atoms. The molecule has 20 nitrogen and oxygen atoms in total. The number of hydrogen-bond donors (Lipinski definition) is 6. The van der Waals surface area contributed by atoms with Gasteiger partial charge >= 0.3 is 0 Å². The Morgan fingerprint density at radius 3 is 2.38 bits per heavy atom. The number of aliphatic hydroxyl groups excluding tert-OH is 1. The van der Waals surface area contributed by atoms with E-state index in [9.17, 15) is 47.9 Å². The van der Waals surface area contributed by atoms with Crippen LogP contribution < -0.4 is 26.6 Å². The van der Waals surface area contributed by atoms with Crippen LogP contribution in [-0.2, 0) is 49.5 Å². The fourth-order valence-electron chi connectivity index (χ4n) is 8.43. The molecule has 1 aliphatic carbocycles. The van der Waals surface area contributed by atoms with Crippen LogP contribution in [0.15, 0.2) is 48.0 Å². The van der Waals surface area contributed by atoms with Crippen LogP contribution in [0.4, 0.5) is 10.1 Å². The standard InChI is InChI=1S/C48H59FN8O12S2/c1-28-39(70-27-53-28)30-9-7-29(8-10-30)24-52-41(61)35-23-31(58)25-56(35)45(65)40(55-46(66)48(49)13-14-48)47(2,3)71-22-21-68-18-17-67-19-20-69-26-37(60)51-16-15-50-33-6-4-5-32-38(33)44(64)57(43(32)63)34-11-12-36(59)54-42(34)62/h4-10,27,31,34-35,40,50,58H,11-26H2,1-3H3,(H,51,60)(H,52,61)(H,55,66)(H,54,59,62)/t31-,34?,35+,40-/m1/s1. The molecule has 2 aromatic carbocycles. The predicted octanol–water partition coefficient (Wildman–Crippen LogP) is 1.87. The molecule has 382 valence electrons. The number of rotatable bonds is 25. The number of carbonyl (C=O) groups is 8. The van der Waals surface area contributed by atoms with Gasteiger partial charge in [-0.15, -0.1) is 11.3 Å². The van der Waals surface area contributed by atoms with E-state index < -0.39 is 76.0 Å². The summed E-state index contributed by atoms with van der Waals surface area (Å²) in [6, 6.07) is 9.11. The molecule has 3 aliphatic heterocycles. The summed E-state index contributed by atoms with van der Waals surface area (Å²) in [4.78, 5) is 111. The Morgan fingerprint density at radius 1 is 0.972 bits per heavy atom. The summed E-state index contributed by atoms with van der Waals surface area (Å²) in [5.74, 6) is -4.34. The number of imide groups is 2. The number of aliphatic hydroxyl groups is 1. The second kappa shape index (κ2) is 23.6. The Morgan fingerprint density at radius 2 is 1.69 bits per heavy atom. The highest BCUT2D eigenvalue weighted by Gasteiger charge is 2.54. The van der Waals surface area contributed by atoms with Crippen LogP contribution in [0.1, 0.15) is 77.9 Å². The van der Waals surface area contributed by atoms with E-state index in [1.807, 2.05) is 31.2 Å². The lowest BCUT2D eigenvalue weighted by Crippen LogP contribution is -2.61. The Balaban J connectivity index is 0.775. The molecule has 23 heteroatoms. The molecule has 3 fully saturated rings. The molecule has 4 heterocycles. The molecule has 1 aromatic heterocycles. The van der Waals surface area contributed by atoms with Gasteiger partial charge in [-0.2, -0.15) is 11.8 Å². The van der Waals surface area contributed by atoms with E-state index in [1.54, 1.807) is 42.8 Å². The molecule has 4 atom stereocenters. The fourth-order valence-corrected chi connectivity index (χ4v) is 10.3. The van der Waals surface area contributed by atoms with Gasteiger partial charge in [0.25, 0.3) is 17.7 Å². The molecule has 8 amide bonds. The van der Waals surface area contributed by atoms with Gasteiger partial charge in [-0.05, 0) is 63.3 Å². The van der Waals surface area contributed by atoms with Crippen molar-refractivity contribution in [1.82, 2.24) is 36.1 Å². The molecule has 1 saturated carbocycles. The Labute approximate surface area is 417 Å². The quantitative estimate of drug-likeness (QED) is 0.0523. The van der Waals surface area contributed by atoms with Crippen molar-refractivity contribution in [3.8, 4) is 10.4 Å². The highest BCUT2D eigenvalue weighted by Crippen LogP contribution is 2.41. The number of β-amino-alcohol motifs (C(OH)–C–C–N with tert-alkyl or cyclic N) is 1. The van der Waals surface area contributed by atoms with Crippen molar-refractivity contribution >= 4 is 76.0 Å². The van der Waals surface area contributed by atoms with Crippen molar-refractivity contribution in [1.29, 1.82) is 0 Å². The monoisotopic (exact) mass is 1020 g/mol. The second-order valence-electron chi connectivity index (χ2n) is 18.1. The third-order valence-electron chi connectivity index (χ3n) is 12.5. The number of hydrogen-bond acceptors (Lipinski definition) is 16. The molecule has 0 spiro atoms. The molecular formula is C48H59FN8O12S2. The van der Waals surface area contributed by atoms with Gasteiger partial charge in [0.15, 0.2) is 5.67 Å². The largest absolute Gasteiger partial charge is 0.391 e. The highest BCUT2D eigenvalue weighted by molar-refractivity contribution is 8.00. The maximum atomic E-state index is 15.0. The number of piperidine rings is 1. The van der Waals surface area contributed by atoms with E-state index in [1.165, 1.54) is 22.7 Å². The summed E-state index contributed by atoms with van der Waals surface area (Å²) >= 11 is 2.87. The summed E-state index contributed by atoms with van der Waals surface area (Å²) in [5.41, 5.74) is 3.14. The first kappa shape index (κ1) is 53.0. The topological polar surface area (TPSA) is 264 Å². The van der Waals surface area contributed by atoms with E-state index in [4.69, 9.17) is 14.2 Å². The van der Waals surface area contributed by atoms with Gasteiger partial charge in [0.05, 0.1) is 66.3 Å². The number of likely N-dealkylation sites (tertiary alicyclic amines) is 1. The zero-order valence-corrected chi connectivity index (χ0v) is 41.3. The smallest absolute Gasteiger partial charge is 0.264 e. The lowest BCUT2D eigenvalue weighted by Gasteiger charge is -2.37. The maximum absolute atomic E-state index is 15.0. The minimum atomic E-state index is -2.05. The number of alkyl halides is 1. The number of nitrogens with zero attached hydrogens (tertiary/aromatic N) is 3. The number of anilines is 1. The zero-order chi connectivity index (χ0) is 50.9. The summed E-state index contributed by atoms with van der Waals surface area (Å²) in [7, 11) is 0. The van der Waals surface area contributed by atoms with Crippen LogP contribution in [0.5, 0.6) is 0 Å². The number of thiazole rings is 1. The lowest BCUT2D eigenvalue weighted by atomic mass is 10.00. The number of amides is 8. The molecule has 0 bridgehead atoms. The van der Waals surface area contributed by atoms with Crippen LogP contribution in [0.2, 0.25) is 0 Å². The first-order valence-corrected chi connectivity index (χ1v) is 25.3. The van der Waals surface area contributed by atoms with E-state index in [2.05, 4.69) is 31.6 Å². The Kier molecular flexibility index (Phi) is 17.6. The van der Waals surface area contributed by atoms with Crippen LogP contribution in [0.3, 0.4) is 0 Å². The molecule has 6 N–H and O–H groups in total. The Hall–Kier alpha value is -5.85. The first-order valence-electron chi connectivity index (χ1n) is 23.5. The van der Waals surface area contributed by atoms with Crippen LogP contribution in [0, 0.1) is 6.92 Å². The number of thioether (sulfide) groups is 1. The Bertz CT molecular complexity index is 2490. The summed E-state index contributed by atoms with van der Waals surface area (Å²) in [6.07, 6.45) is -0.808. The second-order valence-corrected chi connectivity index (χ2v) is 20.7. The van der Waals surface area contributed by atoms with Crippen LogP contribution >= 0.6 is 23.1 Å². The van der Waals surface area contributed by atoms with Gasteiger partial charge < -0.3 is 45.5 Å². The third-order valence-corrected chi connectivity index (χ3v) is 14.8. The lowest BCUT2D eigenvalue weighted by molar-refractivity contribution is -0.143. The van der Waals surface area contributed by atoms with Crippen molar-refractivity contribution in [2.24, 2.45) is 0 Å². The number of ether oxygens (including phenoxy) is 3. The van der Waals surface area contributed by atoms with E-state index >= 15 is 0 Å². The number of benzene rings is 2. The van der Waals surface area contributed by atoms with Gasteiger partial charge in [0.2, 0.25) is 29.5 Å². The zero-order valence-electron chi connectivity index (χ0n) is 39.7. The number of aryl methyl sites for hydroxylation is 1. The van der Waals surface area contributed by atoms with Gasteiger partial charge in [-0.25, -0.2) is 9.37 Å². The van der Waals surface area contributed by atoms with E-state index in [0.717, 1.165) is 26.6 Å². The molecule has 3 aromatic rings. The fraction of sp³-hybridized carbons (Fsp3) is 0.521. The number of aromatic nitrogens is 1. The van der Waals surface area contributed by atoms with Crippen molar-refractivity contribution in [2.45, 2.75) is 94.1 Å². The van der Waals surface area contributed by atoms with E-state index in [-0.39, 0.29) is 115 Å². The molecule has 7 rings (SSSR count). The van der Waals surface area contributed by atoms with Gasteiger partial charge in [0.1, 0.15) is 24.7 Å². The summed E-state index contributed by atoms with van der Waals surface area (Å²) < 4.78 is 30.7. The van der Waals surface area contributed by atoms with Crippen molar-refractivity contribution < 1.29 is 62.1 Å². The highest BCUT2D eigenvalue weighted by atomic mass is 32.2. The summed E-state index contributed by atoms with van der Waals surface area (Å²) in [6.45, 7) is 6.70. The molecule has 2 saturated heterocycles. The summed E-state index contributed by atoms with van der Waals surface area (Å²) in [5, 5.41) is 24.1. The minimum Gasteiger partial charge on any atom is -0.391 e. The molecule has 4 aliphatic rings. The SMILES string of the molecule is Cc1ncsc1-c1ccc(CNC(=O)[C@@H]2C[C@@H](O)CN2C(=O)[C@@H](NC(=O)C2(F)CC2)C(C)(C)SCCOCCOCCOCC(=O)NCCNc2cccc3c2C(=O)N(C2CCC(=O)NC2=O)C3=O)cc1. The van der Waals surface area contributed by atoms with E-state index in [0.29, 0.717) is 11.4 Å².